The minimum atomic E-state index is -5.12. The number of alkyl halides is 5. The van der Waals surface area contributed by atoms with E-state index in [2.05, 4.69) is 16.4 Å². The maximum absolute atomic E-state index is 15.2. The van der Waals surface area contributed by atoms with E-state index in [1.807, 2.05) is 0 Å². The first-order chi connectivity index (χ1) is 22.7. The Balaban J connectivity index is 1.20. The van der Waals surface area contributed by atoms with Gasteiger partial charge < -0.3 is 18.9 Å². The van der Waals surface area contributed by atoms with E-state index >= 15 is 22.0 Å². The van der Waals surface area contributed by atoms with Crippen LogP contribution in [0.1, 0.15) is 87.2 Å². The predicted octanol–water partition coefficient (Wildman–Crippen LogP) is 10.8. The second kappa shape index (κ2) is 15.1. The number of unbranched alkanes of at least 4 members (excludes halogenated alkanes) is 2. The van der Waals surface area contributed by atoms with Crippen LogP contribution in [0.25, 0.3) is 11.1 Å². The summed E-state index contributed by atoms with van der Waals surface area (Å²) in [4.78, 5) is 0. The van der Waals surface area contributed by atoms with Gasteiger partial charge in [0.25, 0.3) is 0 Å². The Morgan fingerprint density at radius 1 is 0.729 bits per heavy atom. The Kier molecular flexibility index (Phi) is 11.3. The highest BCUT2D eigenvalue weighted by Crippen LogP contribution is 2.41. The van der Waals surface area contributed by atoms with Crippen molar-refractivity contribution in [3.63, 3.8) is 0 Å². The highest BCUT2D eigenvalue weighted by Gasteiger charge is 2.43. The predicted molar refractivity (Wildman–Crippen MR) is 157 cm³/mol. The van der Waals surface area contributed by atoms with E-state index in [0.717, 1.165) is 37.3 Å². The Morgan fingerprint density at radius 3 is 1.94 bits per heavy atom. The van der Waals surface area contributed by atoms with Gasteiger partial charge in [-0.05, 0) is 79.0 Å². The fourth-order valence-electron chi connectivity index (χ4n) is 6.38. The quantitative estimate of drug-likeness (QED) is 0.148. The molecule has 0 spiro atoms. The summed E-state index contributed by atoms with van der Waals surface area (Å²) in [7, 11) is 0. The summed E-state index contributed by atoms with van der Waals surface area (Å²) in [6.45, 7) is 0.976. The van der Waals surface area contributed by atoms with Gasteiger partial charge in [0.1, 0.15) is 29.1 Å². The van der Waals surface area contributed by atoms with Crippen LogP contribution in [0.2, 0.25) is 0 Å². The minimum Gasteiger partial charge on any atom is -0.403 e. The topological polar surface area (TPSA) is 36.9 Å². The first-order valence-corrected chi connectivity index (χ1v) is 15.9. The van der Waals surface area contributed by atoms with E-state index in [9.17, 15) is 17.6 Å². The van der Waals surface area contributed by atoms with Crippen LogP contribution in [0.15, 0.2) is 48.5 Å². The zero-order valence-corrected chi connectivity index (χ0v) is 26.0. The summed E-state index contributed by atoms with van der Waals surface area (Å²) in [5.41, 5.74) is -1.39. The second-order valence-electron chi connectivity index (χ2n) is 12.3. The van der Waals surface area contributed by atoms with Crippen LogP contribution >= 0.6 is 0 Å². The van der Waals surface area contributed by atoms with E-state index in [1.165, 1.54) is 37.8 Å². The van der Waals surface area contributed by atoms with Gasteiger partial charge in [0.2, 0.25) is 0 Å². The third kappa shape index (κ3) is 8.83. The molecule has 3 aromatic carbocycles. The molecular weight excluding hydrogens is 655 g/mol. The van der Waals surface area contributed by atoms with E-state index in [1.54, 1.807) is 6.07 Å². The molecule has 4 nitrogen and oxygen atoms in total. The van der Waals surface area contributed by atoms with E-state index in [-0.39, 0.29) is 22.6 Å². The number of rotatable bonds is 11. The van der Waals surface area contributed by atoms with E-state index in [0.29, 0.717) is 30.2 Å². The smallest absolute Gasteiger partial charge is 0.403 e. The second-order valence-corrected chi connectivity index (χ2v) is 12.3. The molecule has 1 aliphatic heterocycles. The summed E-state index contributed by atoms with van der Waals surface area (Å²) in [6.07, 6.45) is -3.77. The van der Waals surface area contributed by atoms with Crippen LogP contribution in [0.3, 0.4) is 0 Å². The highest BCUT2D eigenvalue weighted by molar-refractivity contribution is 5.65. The molecule has 0 unspecified atom stereocenters. The number of ether oxygens (including phenoxy) is 4. The lowest BCUT2D eigenvalue weighted by molar-refractivity contribution is -0.322. The molecule has 3 aromatic rings. The van der Waals surface area contributed by atoms with Gasteiger partial charge in [0.05, 0.1) is 13.2 Å². The van der Waals surface area contributed by atoms with Gasteiger partial charge in [0, 0.05) is 11.1 Å². The van der Waals surface area contributed by atoms with Gasteiger partial charge in [-0.3, -0.25) is 0 Å². The molecule has 1 saturated carbocycles. The minimum absolute atomic E-state index is 0.0784. The van der Waals surface area contributed by atoms with Crippen molar-refractivity contribution in [3.05, 3.63) is 88.5 Å². The monoisotopic (exact) mass is 690 g/mol. The normalized spacial score (nSPS) is 22.1. The Morgan fingerprint density at radius 2 is 1.35 bits per heavy atom. The van der Waals surface area contributed by atoms with Crippen molar-refractivity contribution in [1.82, 2.24) is 0 Å². The van der Waals surface area contributed by atoms with Crippen LogP contribution in [0, 0.1) is 29.2 Å². The molecule has 48 heavy (non-hydrogen) atoms. The molecule has 0 amide bonds. The van der Waals surface area contributed by atoms with Crippen molar-refractivity contribution in [1.29, 1.82) is 0 Å². The molecular formula is C35H35F9O4. The van der Waals surface area contributed by atoms with Crippen molar-refractivity contribution in [3.8, 4) is 16.9 Å². The third-order valence-corrected chi connectivity index (χ3v) is 8.81. The zero-order valence-electron chi connectivity index (χ0n) is 26.0. The van der Waals surface area contributed by atoms with E-state index < -0.39 is 72.7 Å². The molecule has 0 aromatic heterocycles. The van der Waals surface area contributed by atoms with Crippen LogP contribution in [-0.2, 0) is 20.3 Å². The Hall–Kier alpha value is -3.29. The summed E-state index contributed by atoms with van der Waals surface area (Å²) in [5.74, 6) is -5.67. The Bertz CT molecular complexity index is 1520. The SMILES string of the molecule is CCCCCC1CCC(c2ccc(-c3cc(F)c(C(F)(F)OC4COC(c5ccc(OC(F)(F)F)c(F)c5)OC4)c(F)c3)c(F)c2)CC1. The van der Waals surface area contributed by atoms with E-state index in [4.69, 9.17) is 9.47 Å². The number of hydrogen-bond acceptors (Lipinski definition) is 4. The third-order valence-electron chi connectivity index (χ3n) is 8.81. The van der Waals surface area contributed by atoms with Gasteiger partial charge in [-0.25, -0.2) is 17.6 Å². The summed E-state index contributed by atoms with van der Waals surface area (Å²) in [5, 5.41) is 0. The molecule has 0 N–H and O–H groups in total. The number of benzene rings is 3. The first-order valence-electron chi connectivity index (χ1n) is 15.9. The van der Waals surface area contributed by atoms with Crippen molar-refractivity contribution in [2.45, 2.75) is 89.1 Å². The lowest BCUT2D eigenvalue weighted by Gasteiger charge is -2.32. The summed E-state index contributed by atoms with van der Waals surface area (Å²) in [6, 6.07) is 8.04. The van der Waals surface area contributed by atoms with Crippen molar-refractivity contribution < 1.29 is 58.5 Å². The molecule has 2 fully saturated rings. The van der Waals surface area contributed by atoms with Gasteiger partial charge in [-0.15, -0.1) is 13.2 Å². The Labute approximate surface area is 272 Å². The van der Waals surface area contributed by atoms with Gasteiger partial charge in [0.15, 0.2) is 17.9 Å². The first kappa shape index (κ1) is 36.0. The molecule has 0 radical (unpaired) electrons. The molecule has 0 atom stereocenters. The largest absolute Gasteiger partial charge is 0.573 e. The number of halogens is 9. The standard InChI is InChI=1S/C35H35F9O4/c1-2-3-4-5-20-6-8-21(9-7-20)22-10-12-26(27(36)14-22)24-16-29(38)32(30(39)17-24)34(40,41)47-25-18-45-33(46-19-25)23-11-13-31(28(37)15-23)48-35(42,43)44/h10-17,20-21,25,33H,2-9,18-19H2,1H3. The molecule has 1 saturated heterocycles. The van der Waals surface area contributed by atoms with Crippen LogP contribution in [0.5, 0.6) is 5.75 Å². The van der Waals surface area contributed by atoms with Crippen molar-refractivity contribution in [2.75, 3.05) is 13.2 Å². The van der Waals surface area contributed by atoms with Gasteiger partial charge in [-0.2, -0.15) is 8.78 Å². The molecule has 13 heteroatoms. The molecule has 1 heterocycles. The lowest BCUT2D eigenvalue weighted by Crippen LogP contribution is -2.38. The summed E-state index contributed by atoms with van der Waals surface area (Å²) < 4.78 is 145. The van der Waals surface area contributed by atoms with Crippen molar-refractivity contribution >= 4 is 0 Å². The summed E-state index contributed by atoms with van der Waals surface area (Å²) >= 11 is 0. The lowest BCUT2D eigenvalue weighted by atomic mass is 9.77. The molecule has 1 aliphatic carbocycles. The van der Waals surface area contributed by atoms with Gasteiger partial charge in [-0.1, -0.05) is 50.8 Å². The van der Waals surface area contributed by atoms with Crippen LogP contribution < -0.4 is 4.74 Å². The average Bonchev–Trinajstić information content (AvgIpc) is 3.01. The van der Waals surface area contributed by atoms with Crippen LogP contribution in [0.4, 0.5) is 39.5 Å². The van der Waals surface area contributed by atoms with Crippen molar-refractivity contribution in [2.24, 2.45) is 5.92 Å². The maximum atomic E-state index is 15.2. The molecule has 0 bridgehead atoms. The highest BCUT2D eigenvalue weighted by atomic mass is 19.4. The zero-order chi connectivity index (χ0) is 34.6. The maximum Gasteiger partial charge on any atom is 0.573 e. The van der Waals surface area contributed by atoms with Gasteiger partial charge >= 0.3 is 12.5 Å². The molecule has 2 aliphatic rings. The molecule has 5 rings (SSSR count). The fraction of sp³-hybridized carbons (Fsp3) is 0.486. The number of hydrogen-bond donors (Lipinski definition) is 0. The average molecular weight is 691 g/mol. The van der Waals surface area contributed by atoms with Crippen LogP contribution in [-0.4, -0.2) is 25.7 Å². The molecule has 262 valence electrons. The fourth-order valence-corrected chi connectivity index (χ4v) is 6.38.